The summed E-state index contributed by atoms with van der Waals surface area (Å²) in [4.78, 5) is 13.9. The summed E-state index contributed by atoms with van der Waals surface area (Å²) in [6.45, 7) is 0.443. The third-order valence-corrected chi connectivity index (χ3v) is 2.47. The molecule has 100 valence electrons. The Balaban J connectivity index is 1.94. The Morgan fingerprint density at radius 3 is 2.89 bits per heavy atom. The maximum absolute atomic E-state index is 13.5. The molecule has 1 aromatic carbocycles. The smallest absolute Gasteiger partial charge is 0.272 e. The standard InChI is InChI=1S/C11H12FN5O2/c1-16-7-14-11(15-16)4-5-13-10-3-2-8(17(18)19)6-9(10)12/h2-3,6-7,13H,4-5H2,1H3. The average Bonchev–Trinajstić information content (AvgIpc) is 2.77. The summed E-state index contributed by atoms with van der Waals surface area (Å²) >= 11 is 0. The van der Waals surface area contributed by atoms with Gasteiger partial charge < -0.3 is 5.32 Å². The van der Waals surface area contributed by atoms with E-state index in [1.54, 1.807) is 18.1 Å². The second-order valence-corrected chi connectivity index (χ2v) is 3.93. The number of benzene rings is 1. The van der Waals surface area contributed by atoms with Gasteiger partial charge in [0, 0.05) is 26.1 Å². The van der Waals surface area contributed by atoms with Crippen LogP contribution in [0.5, 0.6) is 0 Å². The summed E-state index contributed by atoms with van der Waals surface area (Å²) < 4.78 is 15.1. The molecule has 0 saturated carbocycles. The molecule has 8 heteroatoms. The topological polar surface area (TPSA) is 85.9 Å². The van der Waals surface area contributed by atoms with Crippen LogP contribution in [0.1, 0.15) is 5.82 Å². The average molecular weight is 265 g/mol. The molecule has 0 bridgehead atoms. The zero-order valence-electron chi connectivity index (χ0n) is 10.2. The van der Waals surface area contributed by atoms with E-state index in [2.05, 4.69) is 15.4 Å². The molecule has 1 heterocycles. The highest BCUT2D eigenvalue weighted by Crippen LogP contribution is 2.20. The van der Waals surface area contributed by atoms with Crippen molar-refractivity contribution in [2.45, 2.75) is 6.42 Å². The summed E-state index contributed by atoms with van der Waals surface area (Å²) in [5, 5.41) is 17.4. The Morgan fingerprint density at radius 2 is 2.32 bits per heavy atom. The number of nitrogens with zero attached hydrogens (tertiary/aromatic N) is 4. The van der Waals surface area contributed by atoms with E-state index in [0.29, 0.717) is 18.8 Å². The summed E-state index contributed by atoms with van der Waals surface area (Å²) in [6, 6.07) is 3.49. The van der Waals surface area contributed by atoms with Crippen LogP contribution in [0, 0.1) is 15.9 Å². The number of nitro groups is 1. The second kappa shape index (κ2) is 5.42. The van der Waals surface area contributed by atoms with Crippen molar-refractivity contribution in [3.05, 3.63) is 46.3 Å². The first-order valence-electron chi connectivity index (χ1n) is 5.58. The largest absolute Gasteiger partial charge is 0.382 e. The second-order valence-electron chi connectivity index (χ2n) is 3.93. The number of non-ortho nitro benzene ring substituents is 1. The van der Waals surface area contributed by atoms with Crippen molar-refractivity contribution in [3.63, 3.8) is 0 Å². The summed E-state index contributed by atoms with van der Waals surface area (Å²) in [5.74, 6) is 0.000463. The molecule has 7 nitrogen and oxygen atoms in total. The summed E-state index contributed by atoms with van der Waals surface area (Å²) in [6.07, 6.45) is 2.12. The molecule has 2 rings (SSSR count). The van der Waals surface area contributed by atoms with Gasteiger partial charge in [-0.3, -0.25) is 14.8 Å². The minimum Gasteiger partial charge on any atom is -0.382 e. The fourth-order valence-corrected chi connectivity index (χ4v) is 1.57. The maximum atomic E-state index is 13.5. The van der Waals surface area contributed by atoms with Gasteiger partial charge in [0.2, 0.25) is 0 Å². The molecule has 1 N–H and O–H groups in total. The fourth-order valence-electron chi connectivity index (χ4n) is 1.57. The lowest BCUT2D eigenvalue weighted by molar-refractivity contribution is -0.385. The minimum absolute atomic E-state index is 0.224. The molecular weight excluding hydrogens is 253 g/mol. The van der Waals surface area contributed by atoms with Crippen molar-refractivity contribution in [1.82, 2.24) is 14.8 Å². The van der Waals surface area contributed by atoms with E-state index in [1.165, 1.54) is 12.1 Å². The molecule has 19 heavy (non-hydrogen) atoms. The number of anilines is 1. The van der Waals surface area contributed by atoms with E-state index in [0.717, 1.165) is 6.07 Å². The van der Waals surface area contributed by atoms with Gasteiger partial charge in [-0.2, -0.15) is 5.10 Å². The van der Waals surface area contributed by atoms with Crippen molar-refractivity contribution in [2.75, 3.05) is 11.9 Å². The molecule has 0 aliphatic rings. The number of aryl methyl sites for hydroxylation is 1. The Kier molecular flexibility index (Phi) is 3.69. The van der Waals surface area contributed by atoms with Crippen LogP contribution in [0.25, 0.3) is 0 Å². The molecule has 0 aliphatic carbocycles. The molecule has 0 atom stereocenters. The van der Waals surface area contributed by atoms with E-state index in [4.69, 9.17) is 0 Å². The monoisotopic (exact) mass is 265 g/mol. The Bertz CT molecular complexity index is 599. The van der Waals surface area contributed by atoms with Gasteiger partial charge in [-0.1, -0.05) is 0 Å². The van der Waals surface area contributed by atoms with Crippen LogP contribution in [0.2, 0.25) is 0 Å². The van der Waals surface area contributed by atoms with Crippen molar-refractivity contribution in [2.24, 2.45) is 7.05 Å². The van der Waals surface area contributed by atoms with Crippen molar-refractivity contribution in [3.8, 4) is 0 Å². The van der Waals surface area contributed by atoms with Gasteiger partial charge in [-0.15, -0.1) is 0 Å². The molecule has 0 unspecified atom stereocenters. The molecule has 0 radical (unpaired) electrons. The molecule has 0 aliphatic heterocycles. The lowest BCUT2D eigenvalue weighted by Crippen LogP contribution is -2.08. The van der Waals surface area contributed by atoms with E-state index in [1.807, 2.05) is 0 Å². The van der Waals surface area contributed by atoms with E-state index in [9.17, 15) is 14.5 Å². The number of hydrogen-bond donors (Lipinski definition) is 1. The Labute approximate surface area is 108 Å². The lowest BCUT2D eigenvalue weighted by Gasteiger charge is -2.05. The van der Waals surface area contributed by atoms with E-state index >= 15 is 0 Å². The van der Waals surface area contributed by atoms with Gasteiger partial charge in [0.05, 0.1) is 16.7 Å². The number of nitro benzene ring substituents is 1. The summed E-state index contributed by atoms with van der Waals surface area (Å²) in [5.41, 5.74) is -0.0454. The number of halogens is 1. The quantitative estimate of drug-likeness (QED) is 0.654. The van der Waals surface area contributed by atoms with Crippen LogP contribution >= 0.6 is 0 Å². The molecule has 0 spiro atoms. The highest BCUT2D eigenvalue weighted by atomic mass is 19.1. The van der Waals surface area contributed by atoms with Crippen molar-refractivity contribution in [1.29, 1.82) is 0 Å². The van der Waals surface area contributed by atoms with Crippen LogP contribution in [-0.4, -0.2) is 26.2 Å². The van der Waals surface area contributed by atoms with Gasteiger partial charge in [0.15, 0.2) is 11.6 Å². The van der Waals surface area contributed by atoms with E-state index in [-0.39, 0.29) is 11.4 Å². The van der Waals surface area contributed by atoms with Crippen LogP contribution < -0.4 is 5.32 Å². The Morgan fingerprint density at radius 1 is 1.53 bits per heavy atom. The van der Waals surface area contributed by atoms with Gasteiger partial charge in [0.25, 0.3) is 5.69 Å². The van der Waals surface area contributed by atoms with Crippen LogP contribution in [0.3, 0.4) is 0 Å². The van der Waals surface area contributed by atoms with Gasteiger partial charge in [-0.05, 0) is 6.07 Å². The molecular formula is C11H12FN5O2. The number of hydrogen-bond acceptors (Lipinski definition) is 5. The maximum Gasteiger partial charge on any atom is 0.272 e. The molecule has 1 aromatic heterocycles. The zero-order chi connectivity index (χ0) is 13.8. The molecule has 2 aromatic rings. The number of rotatable bonds is 5. The van der Waals surface area contributed by atoms with Gasteiger partial charge in [-0.25, -0.2) is 9.37 Å². The predicted molar refractivity (Wildman–Crippen MR) is 66.3 cm³/mol. The summed E-state index contributed by atoms with van der Waals surface area (Å²) in [7, 11) is 1.76. The van der Waals surface area contributed by atoms with Crippen LogP contribution in [-0.2, 0) is 13.5 Å². The fraction of sp³-hybridized carbons (Fsp3) is 0.273. The predicted octanol–water partition coefficient (Wildman–Crippen LogP) is 1.52. The van der Waals surface area contributed by atoms with Gasteiger partial charge >= 0.3 is 0 Å². The van der Waals surface area contributed by atoms with Gasteiger partial charge in [0.1, 0.15) is 6.33 Å². The first-order valence-corrected chi connectivity index (χ1v) is 5.58. The molecule has 0 fully saturated rings. The van der Waals surface area contributed by atoms with Crippen molar-refractivity contribution < 1.29 is 9.31 Å². The highest BCUT2D eigenvalue weighted by Gasteiger charge is 2.10. The zero-order valence-corrected chi connectivity index (χ0v) is 10.2. The molecule has 0 saturated heterocycles. The third-order valence-electron chi connectivity index (χ3n) is 2.47. The van der Waals surface area contributed by atoms with Crippen LogP contribution in [0.15, 0.2) is 24.5 Å². The van der Waals surface area contributed by atoms with Crippen molar-refractivity contribution >= 4 is 11.4 Å². The number of nitrogens with one attached hydrogen (secondary N) is 1. The Hall–Kier alpha value is -2.51. The lowest BCUT2D eigenvalue weighted by atomic mass is 10.2. The molecule has 0 amide bonds. The van der Waals surface area contributed by atoms with E-state index < -0.39 is 10.7 Å². The van der Waals surface area contributed by atoms with Crippen LogP contribution in [0.4, 0.5) is 15.8 Å². The SMILES string of the molecule is Cn1cnc(CCNc2ccc([N+](=O)[O-])cc2F)n1. The third kappa shape index (κ3) is 3.24. The minimum atomic E-state index is -0.650. The first kappa shape index (κ1) is 12.9. The highest BCUT2D eigenvalue weighted by molar-refractivity contribution is 5.50. The number of aromatic nitrogens is 3. The normalized spacial score (nSPS) is 10.4. The first-order chi connectivity index (χ1) is 9.06.